The molecule has 0 atom stereocenters. The Morgan fingerprint density at radius 1 is 1.15 bits per heavy atom. The molecule has 0 aliphatic carbocycles. The average molecular weight is 200 g/mol. The van der Waals surface area contributed by atoms with E-state index >= 15 is 0 Å². The number of halogens is 2. The van der Waals surface area contributed by atoms with Gasteiger partial charge in [0.1, 0.15) is 5.82 Å². The molecule has 4 heteroatoms. The molecule has 0 saturated carbocycles. The Balaban J connectivity index is 0.000000845. The summed E-state index contributed by atoms with van der Waals surface area (Å²) >= 11 is 0. The van der Waals surface area contributed by atoms with Crippen LogP contribution in [0.15, 0.2) is 35.1 Å². The highest BCUT2D eigenvalue weighted by Gasteiger charge is 1.94. The normalized spacial score (nSPS) is 9.62. The molecule has 68 valence electrons. The van der Waals surface area contributed by atoms with Crippen LogP contribution in [-0.2, 0) is 0 Å². The van der Waals surface area contributed by atoms with Crippen molar-refractivity contribution in [3.63, 3.8) is 0 Å². The lowest BCUT2D eigenvalue weighted by Crippen LogP contribution is -2.02. The number of aromatic amines is 1. The van der Waals surface area contributed by atoms with Crippen LogP contribution in [0.25, 0.3) is 10.9 Å². The average Bonchev–Trinajstić information content (AvgIpc) is 2.03. The summed E-state index contributed by atoms with van der Waals surface area (Å²) in [5.74, 6) is -0.343. The lowest BCUT2D eigenvalue weighted by atomic mass is 10.2. The van der Waals surface area contributed by atoms with Crippen molar-refractivity contribution in [2.24, 2.45) is 0 Å². The van der Waals surface area contributed by atoms with E-state index in [1.165, 1.54) is 18.2 Å². The molecule has 2 nitrogen and oxygen atoms in total. The topological polar surface area (TPSA) is 32.9 Å². The Morgan fingerprint density at radius 3 is 2.62 bits per heavy atom. The number of hydrogen-bond donors (Lipinski definition) is 1. The molecule has 1 aromatic heterocycles. The van der Waals surface area contributed by atoms with Crippen molar-refractivity contribution in [2.45, 2.75) is 0 Å². The highest BCUT2D eigenvalue weighted by Crippen LogP contribution is 2.09. The number of H-pyrrole nitrogens is 1. The number of fused-ring (bicyclic) bond motifs is 1. The number of nitrogens with one attached hydrogen (secondary N) is 1. The second-order valence-corrected chi connectivity index (χ2v) is 2.55. The number of benzene rings is 1. The number of rotatable bonds is 0. The van der Waals surface area contributed by atoms with Gasteiger partial charge in [0.05, 0.1) is 5.52 Å². The minimum atomic E-state index is -0.343. The van der Waals surface area contributed by atoms with Crippen molar-refractivity contribution in [3.8, 4) is 0 Å². The molecule has 1 N–H and O–H groups in total. The van der Waals surface area contributed by atoms with Gasteiger partial charge in [0, 0.05) is 6.07 Å². The van der Waals surface area contributed by atoms with Gasteiger partial charge in [0.15, 0.2) is 0 Å². The third kappa shape index (κ3) is 1.87. The largest absolute Gasteiger partial charge is 0.322 e. The maximum atomic E-state index is 12.6. The van der Waals surface area contributed by atoms with Crippen LogP contribution in [0, 0.1) is 5.82 Å². The summed E-state index contributed by atoms with van der Waals surface area (Å²) < 4.78 is 12.6. The summed E-state index contributed by atoms with van der Waals surface area (Å²) in [6.45, 7) is 0. The third-order valence-corrected chi connectivity index (χ3v) is 1.69. The summed E-state index contributed by atoms with van der Waals surface area (Å²) in [5.41, 5.74) is 0.315. The third-order valence-electron chi connectivity index (χ3n) is 1.69. The SMILES string of the molecule is Cl.O=c1ccc2ccc(F)cc2[nH]1. The smallest absolute Gasteiger partial charge is 0.248 e. The quantitative estimate of drug-likeness (QED) is 0.693. The molecule has 0 radical (unpaired) electrons. The van der Waals surface area contributed by atoms with Crippen molar-refractivity contribution in [3.05, 3.63) is 46.5 Å². The lowest BCUT2D eigenvalue weighted by Gasteiger charge is -1.95. The Bertz CT molecular complexity index is 480. The van der Waals surface area contributed by atoms with Gasteiger partial charge < -0.3 is 4.98 Å². The highest BCUT2D eigenvalue weighted by atomic mass is 35.5. The summed E-state index contributed by atoms with van der Waals surface area (Å²) in [5, 5.41) is 0.830. The van der Waals surface area contributed by atoms with Crippen LogP contribution in [0.5, 0.6) is 0 Å². The van der Waals surface area contributed by atoms with E-state index in [2.05, 4.69) is 4.98 Å². The van der Waals surface area contributed by atoms with Gasteiger partial charge in [-0.1, -0.05) is 0 Å². The molecular weight excluding hydrogens is 193 g/mol. The van der Waals surface area contributed by atoms with Crippen molar-refractivity contribution in [1.29, 1.82) is 0 Å². The minimum Gasteiger partial charge on any atom is -0.322 e. The van der Waals surface area contributed by atoms with Crippen LogP contribution in [0.3, 0.4) is 0 Å². The molecule has 0 spiro atoms. The summed E-state index contributed by atoms with van der Waals surface area (Å²) in [4.78, 5) is 13.4. The summed E-state index contributed by atoms with van der Waals surface area (Å²) in [7, 11) is 0. The Kier molecular flexibility index (Phi) is 2.68. The molecule has 0 saturated heterocycles. The predicted octanol–water partition coefficient (Wildman–Crippen LogP) is 2.09. The van der Waals surface area contributed by atoms with Gasteiger partial charge in [0.2, 0.25) is 5.56 Å². The van der Waals surface area contributed by atoms with E-state index in [-0.39, 0.29) is 23.8 Å². The fourth-order valence-electron chi connectivity index (χ4n) is 1.12. The molecule has 0 bridgehead atoms. The molecule has 0 aliphatic rings. The van der Waals surface area contributed by atoms with Crippen molar-refractivity contribution < 1.29 is 4.39 Å². The zero-order chi connectivity index (χ0) is 8.55. The predicted molar refractivity (Wildman–Crippen MR) is 51.8 cm³/mol. The molecule has 2 aromatic rings. The van der Waals surface area contributed by atoms with Crippen LogP contribution in [0.4, 0.5) is 4.39 Å². The molecule has 0 aliphatic heterocycles. The molecule has 1 heterocycles. The van der Waals surface area contributed by atoms with Crippen LogP contribution >= 0.6 is 12.4 Å². The first-order valence-electron chi connectivity index (χ1n) is 3.54. The van der Waals surface area contributed by atoms with Gasteiger partial charge in [0.25, 0.3) is 0 Å². The molecule has 0 unspecified atom stereocenters. The van der Waals surface area contributed by atoms with Crippen LogP contribution in [-0.4, -0.2) is 4.98 Å². The van der Waals surface area contributed by atoms with E-state index in [1.807, 2.05) is 0 Å². The van der Waals surface area contributed by atoms with Gasteiger partial charge in [-0.05, 0) is 29.7 Å². The van der Waals surface area contributed by atoms with Crippen LogP contribution in [0.1, 0.15) is 0 Å². The zero-order valence-electron chi connectivity index (χ0n) is 6.58. The standard InChI is InChI=1S/C9H6FNO.ClH/c10-7-3-1-6-2-4-9(12)11-8(6)5-7;/h1-5H,(H,11,12);1H. The molecule has 13 heavy (non-hydrogen) atoms. The van der Waals surface area contributed by atoms with Crippen LogP contribution < -0.4 is 5.56 Å². The fourth-order valence-corrected chi connectivity index (χ4v) is 1.12. The van der Waals surface area contributed by atoms with E-state index < -0.39 is 0 Å². The summed E-state index contributed by atoms with van der Waals surface area (Å²) in [6, 6.07) is 7.37. The van der Waals surface area contributed by atoms with E-state index in [0.717, 1.165) is 5.39 Å². The Hall–Kier alpha value is -1.35. The molecule has 0 fully saturated rings. The van der Waals surface area contributed by atoms with E-state index in [0.29, 0.717) is 5.52 Å². The first kappa shape index (κ1) is 9.74. The summed E-state index contributed by atoms with van der Waals surface area (Å²) in [6.07, 6.45) is 0. The monoisotopic (exact) mass is 199 g/mol. The van der Waals surface area contributed by atoms with Crippen molar-refractivity contribution >= 4 is 23.3 Å². The van der Waals surface area contributed by atoms with E-state index in [1.54, 1.807) is 12.1 Å². The van der Waals surface area contributed by atoms with E-state index in [9.17, 15) is 9.18 Å². The number of aromatic nitrogens is 1. The van der Waals surface area contributed by atoms with Gasteiger partial charge in [-0.2, -0.15) is 0 Å². The zero-order valence-corrected chi connectivity index (χ0v) is 7.40. The molecule has 0 amide bonds. The maximum Gasteiger partial charge on any atom is 0.248 e. The second kappa shape index (κ2) is 3.58. The lowest BCUT2D eigenvalue weighted by molar-refractivity contribution is 0.629. The molecule has 2 rings (SSSR count). The molecular formula is C9H7ClFNO. The van der Waals surface area contributed by atoms with Gasteiger partial charge in [-0.3, -0.25) is 4.79 Å². The second-order valence-electron chi connectivity index (χ2n) is 2.55. The first-order valence-corrected chi connectivity index (χ1v) is 3.54. The van der Waals surface area contributed by atoms with Crippen LogP contribution in [0.2, 0.25) is 0 Å². The van der Waals surface area contributed by atoms with Gasteiger partial charge >= 0.3 is 0 Å². The Labute approximate surface area is 79.8 Å². The van der Waals surface area contributed by atoms with Crippen molar-refractivity contribution in [1.82, 2.24) is 4.98 Å². The number of pyridine rings is 1. The van der Waals surface area contributed by atoms with Gasteiger partial charge in [-0.15, -0.1) is 12.4 Å². The fraction of sp³-hybridized carbons (Fsp3) is 0. The first-order chi connectivity index (χ1) is 5.75. The number of hydrogen-bond acceptors (Lipinski definition) is 1. The Morgan fingerprint density at radius 2 is 1.85 bits per heavy atom. The molecule has 1 aromatic carbocycles. The highest BCUT2D eigenvalue weighted by molar-refractivity contribution is 5.85. The van der Waals surface area contributed by atoms with Gasteiger partial charge in [-0.25, -0.2) is 4.39 Å². The van der Waals surface area contributed by atoms with E-state index in [4.69, 9.17) is 0 Å². The minimum absolute atomic E-state index is 0. The van der Waals surface area contributed by atoms with Crippen molar-refractivity contribution in [2.75, 3.05) is 0 Å². The maximum absolute atomic E-state index is 12.6.